The molecule has 0 aromatic heterocycles. The van der Waals surface area contributed by atoms with Gasteiger partial charge < -0.3 is 33.5 Å². The highest BCUT2D eigenvalue weighted by molar-refractivity contribution is 5.87. The monoisotopic (exact) mass is 653 g/mol. The Bertz CT molecular complexity index is 1430. The van der Waals surface area contributed by atoms with E-state index in [1.807, 2.05) is 24.3 Å². The van der Waals surface area contributed by atoms with Gasteiger partial charge in [0.15, 0.2) is 12.8 Å². The topological polar surface area (TPSA) is 156 Å². The second kappa shape index (κ2) is 18.1. The van der Waals surface area contributed by atoms with E-state index in [9.17, 15) is 24.3 Å². The molecule has 47 heavy (non-hydrogen) atoms. The molecule has 0 aliphatic rings. The summed E-state index contributed by atoms with van der Waals surface area (Å²) < 4.78 is 31.7. The summed E-state index contributed by atoms with van der Waals surface area (Å²) in [7, 11) is 0. The van der Waals surface area contributed by atoms with Crippen molar-refractivity contribution in [2.24, 2.45) is 0 Å². The van der Waals surface area contributed by atoms with E-state index in [0.29, 0.717) is 11.5 Å². The highest BCUT2D eigenvalue weighted by atomic mass is 16.6. The highest BCUT2D eigenvalue weighted by Crippen LogP contribution is 2.33. The Kier molecular flexibility index (Phi) is 14.7. The molecule has 0 fully saturated rings. The Morgan fingerprint density at radius 2 is 1.11 bits per heavy atom. The lowest BCUT2D eigenvalue weighted by Crippen LogP contribution is -2.36. The van der Waals surface area contributed by atoms with Gasteiger partial charge in [0.1, 0.15) is 44.0 Å². The van der Waals surface area contributed by atoms with Gasteiger partial charge in [0.2, 0.25) is 0 Å². The molecule has 0 aliphatic heterocycles. The number of ether oxygens (including phenoxy) is 6. The number of aliphatic hydroxyl groups is 1. The lowest BCUT2D eigenvalue weighted by Gasteiger charge is -2.27. The van der Waals surface area contributed by atoms with Crippen LogP contribution in [0.2, 0.25) is 0 Å². The molecule has 1 amide bonds. The first-order valence-corrected chi connectivity index (χ1v) is 14.7. The van der Waals surface area contributed by atoms with Crippen LogP contribution in [0, 0.1) is 0 Å². The van der Waals surface area contributed by atoms with Crippen molar-refractivity contribution in [3.05, 3.63) is 96.1 Å². The van der Waals surface area contributed by atoms with Gasteiger partial charge >= 0.3 is 24.0 Å². The van der Waals surface area contributed by atoms with Crippen molar-refractivity contribution < 1.29 is 52.7 Å². The van der Waals surface area contributed by atoms with E-state index < -0.39 is 48.4 Å². The highest BCUT2D eigenvalue weighted by Gasteiger charge is 2.24. The summed E-state index contributed by atoms with van der Waals surface area (Å²) in [5.74, 6) is -0.870. The summed E-state index contributed by atoms with van der Waals surface area (Å²) in [6, 6.07) is 14.8. The number of esters is 3. The third-order valence-corrected chi connectivity index (χ3v) is 6.58. The molecule has 12 nitrogen and oxygen atoms in total. The summed E-state index contributed by atoms with van der Waals surface area (Å²) in [4.78, 5) is 47.1. The van der Waals surface area contributed by atoms with Crippen LogP contribution in [0.25, 0.3) is 0 Å². The van der Waals surface area contributed by atoms with Crippen LogP contribution in [0.15, 0.2) is 85.0 Å². The molecule has 0 saturated carbocycles. The number of hydrogen-bond acceptors (Lipinski definition) is 11. The normalized spacial score (nSPS) is 12.0. The van der Waals surface area contributed by atoms with Crippen molar-refractivity contribution in [3.63, 3.8) is 0 Å². The number of nitrogens with one attached hydrogen (secondary N) is 1. The molecule has 0 saturated heterocycles. The molecular formula is C35H43NO11. The van der Waals surface area contributed by atoms with Crippen molar-refractivity contribution in [1.29, 1.82) is 0 Å². The molecule has 0 heterocycles. The van der Waals surface area contributed by atoms with E-state index in [0.717, 1.165) is 11.1 Å². The molecule has 2 unspecified atom stereocenters. The molecular weight excluding hydrogens is 610 g/mol. The van der Waals surface area contributed by atoms with Gasteiger partial charge in [-0.3, -0.25) is 5.32 Å². The second-order valence-electron chi connectivity index (χ2n) is 11.3. The summed E-state index contributed by atoms with van der Waals surface area (Å²) in [5.41, 5.74) is 2.19. The van der Waals surface area contributed by atoms with E-state index in [1.165, 1.54) is 20.8 Å². The average molecular weight is 654 g/mol. The maximum Gasteiger partial charge on any atom is 0.410 e. The lowest BCUT2D eigenvalue weighted by molar-refractivity contribution is -0.143. The first-order valence-electron chi connectivity index (χ1n) is 14.7. The van der Waals surface area contributed by atoms with Gasteiger partial charge in [0.05, 0.1) is 0 Å². The quantitative estimate of drug-likeness (QED) is 0.101. The molecule has 2 aromatic rings. The zero-order valence-corrected chi connectivity index (χ0v) is 27.5. The molecule has 0 radical (unpaired) electrons. The van der Waals surface area contributed by atoms with Crippen molar-refractivity contribution in [3.8, 4) is 11.5 Å². The number of carbonyl (C=O) groups is 4. The van der Waals surface area contributed by atoms with Crippen LogP contribution in [-0.2, 0) is 38.7 Å². The number of amides is 1. The second-order valence-corrected chi connectivity index (χ2v) is 11.3. The van der Waals surface area contributed by atoms with Gasteiger partial charge in [-0.2, -0.15) is 0 Å². The lowest BCUT2D eigenvalue weighted by atomic mass is 9.78. The Hall–Kier alpha value is -5.10. The van der Waals surface area contributed by atoms with Crippen LogP contribution in [0.1, 0.15) is 45.7 Å². The summed E-state index contributed by atoms with van der Waals surface area (Å²) in [5, 5.41) is 12.3. The average Bonchev–Trinajstić information content (AvgIpc) is 3.03. The molecule has 254 valence electrons. The Balaban J connectivity index is 1.97. The zero-order chi connectivity index (χ0) is 35.1. The van der Waals surface area contributed by atoms with Crippen LogP contribution < -0.4 is 14.8 Å². The largest absolute Gasteiger partial charge is 0.491 e. The first kappa shape index (κ1) is 38.1. The number of carbonyl (C=O) groups excluding carboxylic acids is 4. The maximum absolute atomic E-state index is 12.2. The van der Waals surface area contributed by atoms with E-state index >= 15 is 0 Å². The molecule has 0 aliphatic carbocycles. The van der Waals surface area contributed by atoms with Gasteiger partial charge in [-0.25, -0.2) is 19.2 Å². The smallest absolute Gasteiger partial charge is 0.410 e. The standard InChI is InChI=1S/C35H43NO11/c1-22(2)31(38)44-18-27(37)17-42-28-13-9-25(10-14-28)35(7,8)26-11-15-29(16-12-26)43-19-30(20-45-32(39)23(3)4)47-34(41)36-21-46-33(40)24(5)6/h9-16,27,30,37H,1,3,5,17-21H2,2,4,6-8H3,(H,36,41). The molecule has 2 atom stereocenters. The molecule has 2 aromatic carbocycles. The summed E-state index contributed by atoms with van der Waals surface area (Å²) >= 11 is 0. The van der Waals surface area contributed by atoms with Crippen LogP contribution in [-0.4, -0.2) is 74.5 Å². The molecule has 2 N–H and O–H groups in total. The number of benzene rings is 2. The van der Waals surface area contributed by atoms with E-state index in [-0.39, 0.29) is 43.1 Å². The Morgan fingerprint density at radius 3 is 1.57 bits per heavy atom. The van der Waals surface area contributed by atoms with Gasteiger partial charge in [-0.15, -0.1) is 0 Å². The van der Waals surface area contributed by atoms with Gasteiger partial charge in [0, 0.05) is 22.1 Å². The number of rotatable bonds is 18. The fourth-order valence-corrected chi connectivity index (χ4v) is 3.71. The fourth-order valence-electron chi connectivity index (χ4n) is 3.71. The van der Waals surface area contributed by atoms with Crippen LogP contribution in [0.4, 0.5) is 4.79 Å². The van der Waals surface area contributed by atoms with Crippen molar-refractivity contribution in [1.82, 2.24) is 5.32 Å². The first-order chi connectivity index (χ1) is 22.1. The van der Waals surface area contributed by atoms with Crippen molar-refractivity contribution >= 4 is 24.0 Å². The summed E-state index contributed by atoms with van der Waals surface area (Å²) in [6.45, 7) is 18.0. The van der Waals surface area contributed by atoms with E-state index in [4.69, 9.17) is 28.4 Å². The molecule has 0 bridgehead atoms. The minimum atomic E-state index is -0.987. The minimum Gasteiger partial charge on any atom is -0.491 e. The summed E-state index contributed by atoms with van der Waals surface area (Å²) in [6.07, 6.45) is -2.88. The predicted octanol–water partition coefficient (Wildman–Crippen LogP) is 4.54. The van der Waals surface area contributed by atoms with Crippen molar-refractivity contribution in [2.45, 2.75) is 52.2 Å². The minimum absolute atomic E-state index is 0.0501. The predicted molar refractivity (Wildman–Crippen MR) is 173 cm³/mol. The van der Waals surface area contributed by atoms with Crippen LogP contribution in [0.5, 0.6) is 11.5 Å². The number of aliphatic hydroxyl groups excluding tert-OH is 1. The zero-order valence-electron chi connectivity index (χ0n) is 27.5. The van der Waals surface area contributed by atoms with E-state index in [2.05, 4.69) is 38.9 Å². The Morgan fingerprint density at radius 1 is 0.681 bits per heavy atom. The SMILES string of the molecule is C=C(C)C(=O)OCNC(=O)OC(COC(=O)C(=C)C)COc1ccc(C(C)(C)c2ccc(OCC(O)COC(=O)C(=C)C)cc2)cc1. The van der Waals surface area contributed by atoms with Gasteiger partial charge in [-0.05, 0) is 56.2 Å². The third-order valence-electron chi connectivity index (χ3n) is 6.58. The molecule has 2 rings (SSSR count). The maximum atomic E-state index is 12.2. The van der Waals surface area contributed by atoms with Gasteiger partial charge in [0.25, 0.3) is 0 Å². The van der Waals surface area contributed by atoms with E-state index in [1.54, 1.807) is 24.3 Å². The third kappa shape index (κ3) is 13.0. The number of hydrogen-bond donors (Lipinski definition) is 2. The molecule has 12 heteroatoms. The van der Waals surface area contributed by atoms with Crippen LogP contribution >= 0.6 is 0 Å². The fraction of sp³-hybridized carbons (Fsp3) is 0.371. The van der Waals surface area contributed by atoms with Crippen LogP contribution in [0.3, 0.4) is 0 Å². The number of alkyl carbamates (subject to hydrolysis) is 1. The molecule has 0 spiro atoms. The van der Waals surface area contributed by atoms with Crippen molar-refractivity contribution in [2.75, 3.05) is 33.2 Å². The Labute approximate surface area is 274 Å². The van der Waals surface area contributed by atoms with Gasteiger partial charge in [-0.1, -0.05) is 57.8 Å².